The molecule has 2 aromatic rings. The van der Waals surface area contributed by atoms with Crippen molar-refractivity contribution in [1.29, 1.82) is 0 Å². The first-order valence-corrected chi connectivity index (χ1v) is 9.91. The van der Waals surface area contributed by atoms with E-state index in [9.17, 15) is 5.11 Å². The molecule has 0 radical (unpaired) electrons. The molecule has 9 nitrogen and oxygen atoms in total. The van der Waals surface area contributed by atoms with E-state index in [-0.39, 0.29) is 12.6 Å². The molecule has 0 saturated carbocycles. The lowest BCUT2D eigenvalue weighted by molar-refractivity contribution is 0.177. The van der Waals surface area contributed by atoms with Gasteiger partial charge in [-0.25, -0.2) is 9.67 Å². The summed E-state index contributed by atoms with van der Waals surface area (Å²) in [5.41, 5.74) is 0.806. The van der Waals surface area contributed by atoms with Crippen LogP contribution in [0.3, 0.4) is 0 Å². The third-order valence-electron chi connectivity index (χ3n) is 4.78. The van der Waals surface area contributed by atoms with Gasteiger partial charge in [-0.05, 0) is 31.0 Å². The Morgan fingerprint density at radius 2 is 2.14 bits per heavy atom. The number of aliphatic imine (C=N–C) groups is 1. The summed E-state index contributed by atoms with van der Waals surface area (Å²) in [6.45, 7) is 4.16. The molecule has 3 N–H and O–H groups in total. The van der Waals surface area contributed by atoms with Crippen LogP contribution in [-0.4, -0.2) is 59.2 Å². The van der Waals surface area contributed by atoms with Crippen molar-refractivity contribution in [1.82, 2.24) is 25.4 Å². The van der Waals surface area contributed by atoms with E-state index in [2.05, 4.69) is 25.7 Å². The average Bonchev–Trinajstić information content (AvgIpc) is 3.14. The standard InChI is InChI=1S/C20H30N6O3/c1-4-21-20(22-11-17(27)14-5-8-16(29-3)9-6-14)23-15-7-10-19-24-18(13-28-2)25-26(19)12-15/h5-6,8-9,15,17,27H,4,7,10-13H2,1-3H3,(H2,21,22,23). The van der Waals surface area contributed by atoms with Crippen LogP contribution in [0, 0.1) is 0 Å². The number of ether oxygens (including phenoxy) is 2. The fourth-order valence-corrected chi connectivity index (χ4v) is 3.29. The molecule has 0 saturated heterocycles. The van der Waals surface area contributed by atoms with Gasteiger partial charge >= 0.3 is 0 Å². The Morgan fingerprint density at radius 3 is 2.83 bits per heavy atom. The van der Waals surface area contributed by atoms with Gasteiger partial charge in [-0.2, -0.15) is 5.10 Å². The van der Waals surface area contributed by atoms with Gasteiger partial charge in [0, 0.05) is 26.1 Å². The lowest BCUT2D eigenvalue weighted by Gasteiger charge is -2.25. The molecule has 0 aliphatic carbocycles. The van der Waals surface area contributed by atoms with Crippen LogP contribution < -0.4 is 15.4 Å². The zero-order valence-corrected chi connectivity index (χ0v) is 17.3. The van der Waals surface area contributed by atoms with Gasteiger partial charge in [0.05, 0.1) is 26.3 Å². The summed E-state index contributed by atoms with van der Waals surface area (Å²) < 4.78 is 12.2. The van der Waals surface area contributed by atoms with Gasteiger partial charge in [0.2, 0.25) is 0 Å². The van der Waals surface area contributed by atoms with Crippen LogP contribution >= 0.6 is 0 Å². The fourth-order valence-electron chi connectivity index (χ4n) is 3.29. The molecule has 1 aliphatic rings. The number of nitrogens with one attached hydrogen (secondary N) is 2. The first kappa shape index (κ1) is 21.1. The highest BCUT2D eigenvalue weighted by atomic mass is 16.5. The lowest BCUT2D eigenvalue weighted by atomic mass is 10.1. The second-order valence-electron chi connectivity index (χ2n) is 6.95. The highest BCUT2D eigenvalue weighted by Gasteiger charge is 2.22. The predicted molar refractivity (Wildman–Crippen MR) is 110 cm³/mol. The number of aryl methyl sites for hydroxylation is 1. The van der Waals surface area contributed by atoms with Gasteiger partial charge in [-0.3, -0.25) is 4.99 Å². The van der Waals surface area contributed by atoms with E-state index in [1.54, 1.807) is 14.2 Å². The van der Waals surface area contributed by atoms with Crippen LogP contribution in [-0.2, 0) is 24.3 Å². The molecule has 158 valence electrons. The third-order valence-corrected chi connectivity index (χ3v) is 4.78. The Labute approximate surface area is 171 Å². The SMILES string of the molecule is CCNC(=NCC(O)c1ccc(OC)cc1)NC1CCc2nc(COC)nn2C1. The van der Waals surface area contributed by atoms with Crippen molar-refractivity contribution in [3.05, 3.63) is 41.5 Å². The minimum Gasteiger partial charge on any atom is -0.497 e. The van der Waals surface area contributed by atoms with Crippen LogP contribution in [0.2, 0.25) is 0 Å². The summed E-state index contributed by atoms with van der Waals surface area (Å²) in [5.74, 6) is 3.15. The number of methoxy groups -OCH3 is 2. The molecule has 9 heteroatoms. The van der Waals surface area contributed by atoms with E-state index in [1.165, 1.54) is 0 Å². The quantitative estimate of drug-likeness (QED) is 0.447. The fraction of sp³-hybridized carbons (Fsp3) is 0.550. The average molecular weight is 402 g/mol. The van der Waals surface area contributed by atoms with Gasteiger partial charge in [0.1, 0.15) is 18.2 Å². The Balaban J connectivity index is 1.60. The first-order chi connectivity index (χ1) is 14.1. The normalized spacial score (nSPS) is 17.5. The maximum absolute atomic E-state index is 10.5. The number of guanidine groups is 1. The maximum atomic E-state index is 10.5. The Morgan fingerprint density at radius 1 is 1.34 bits per heavy atom. The van der Waals surface area contributed by atoms with Crippen molar-refractivity contribution in [2.45, 2.75) is 45.1 Å². The number of fused-ring (bicyclic) bond motifs is 1. The molecule has 3 rings (SSSR count). The molecule has 0 spiro atoms. The number of hydrogen-bond acceptors (Lipinski definition) is 6. The molecule has 2 heterocycles. The molecule has 2 atom stereocenters. The van der Waals surface area contributed by atoms with Crippen molar-refractivity contribution in [3.8, 4) is 5.75 Å². The molecule has 0 amide bonds. The first-order valence-electron chi connectivity index (χ1n) is 9.91. The molecule has 1 aromatic carbocycles. The van der Waals surface area contributed by atoms with E-state index in [0.29, 0.717) is 18.4 Å². The summed E-state index contributed by atoms with van der Waals surface area (Å²) in [6, 6.07) is 7.56. The van der Waals surface area contributed by atoms with Crippen molar-refractivity contribution in [3.63, 3.8) is 0 Å². The van der Waals surface area contributed by atoms with E-state index in [1.807, 2.05) is 35.9 Å². The third kappa shape index (κ3) is 5.68. The van der Waals surface area contributed by atoms with E-state index < -0.39 is 6.10 Å². The molecular weight excluding hydrogens is 372 g/mol. The zero-order chi connectivity index (χ0) is 20.6. The van der Waals surface area contributed by atoms with Crippen LogP contribution in [0.4, 0.5) is 0 Å². The Kier molecular flexibility index (Phi) is 7.42. The van der Waals surface area contributed by atoms with E-state index >= 15 is 0 Å². The highest BCUT2D eigenvalue weighted by molar-refractivity contribution is 5.80. The second-order valence-corrected chi connectivity index (χ2v) is 6.95. The zero-order valence-electron chi connectivity index (χ0n) is 17.3. The molecule has 0 bridgehead atoms. The van der Waals surface area contributed by atoms with Crippen LogP contribution in [0.5, 0.6) is 5.75 Å². The van der Waals surface area contributed by atoms with Gasteiger partial charge in [0.15, 0.2) is 11.8 Å². The summed E-state index contributed by atoms with van der Waals surface area (Å²) in [5, 5.41) is 21.7. The van der Waals surface area contributed by atoms with Gasteiger partial charge in [0.25, 0.3) is 0 Å². The number of aliphatic hydroxyl groups is 1. The smallest absolute Gasteiger partial charge is 0.191 e. The number of aromatic nitrogens is 3. The topological polar surface area (TPSA) is 106 Å². The largest absolute Gasteiger partial charge is 0.497 e. The Bertz CT molecular complexity index is 805. The number of hydrogen-bond donors (Lipinski definition) is 3. The lowest BCUT2D eigenvalue weighted by Crippen LogP contribution is -2.47. The van der Waals surface area contributed by atoms with Gasteiger partial charge in [-0.15, -0.1) is 0 Å². The number of aliphatic hydroxyl groups excluding tert-OH is 1. The summed E-state index contributed by atoms with van der Waals surface area (Å²) in [4.78, 5) is 9.07. The van der Waals surface area contributed by atoms with Crippen molar-refractivity contribution in [2.24, 2.45) is 4.99 Å². The van der Waals surface area contributed by atoms with Gasteiger partial charge in [-0.1, -0.05) is 12.1 Å². The van der Waals surface area contributed by atoms with Gasteiger partial charge < -0.3 is 25.2 Å². The molecule has 1 aliphatic heterocycles. The second kappa shape index (κ2) is 10.2. The van der Waals surface area contributed by atoms with Crippen molar-refractivity contribution >= 4 is 5.96 Å². The minimum absolute atomic E-state index is 0.190. The van der Waals surface area contributed by atoms with Crippen LogP contribution in [0.25, 0.3) is 0 Å². The monoisotopic (exact) mass is 402 g/mol. The molecule has 29 heavy (non-hydrogen) atoms. The minimum atomic E-state index is -0.679. The van der Waals surface area contributed by atoms with E-state index in [0.717, 1.165) is 43.1 Å². The number of benzene rings is 1. The van der Waals surface area contributed by atoms with E-state index in [4.69, 9.17) is 9.47 Å². The van der Waals surface area contributed by atoms with Crippen molar-refractivity contribution in [2.75, 3.05) is 27.3 Å². The highest BCUT2D eigenvalue weighted by Crippen LogP contribution is 2.18. The summed E-state index contributed by atoms with van der Waals surface area (Å²) >= 11 is 0. The number of nitrogens with zero attached hydrogens (tertiary/aromatic N) is 4. The molecule has 2 unspecified atom stereocenters. The van der Waals surface area contributed by atoms with Crippen LogP contribution in [0.15, 0.2) is 29.3 Å². The molecular formula is C20H30N6O3. The van der Waals surface area contributed by atoms with Crippen molar-refractivity contribution < 1.29 is 14.6 Å². The predicted octanol–water partition coefficient (Wildman–Crippen LogP) is 1.04. The summed E-state index contributed by atoms with van der Waals surface area (Å²) in [6.07, 6.45) is 1.11. The molecule has 0 fully saturated rings. The molecule has 1 aromatic heterocycles. The maximum Gasteiger partial charge on any atom is 0.191 e. The summed E-state index contributed by atoms with van der Waals surface area (Å²) in [7, 11) is 3.26. The Hall–Kier alpha value is -2.65. The van der Waals surface area contributed by atoms with Crippen LogP contribution in [0.1, 0.15) is 36.7 Å². The number of rotatable bonds is 8.